The molecule has 8 nitrogen and oxygen atoms in total. The van der Waals surface area contributed by atoms with E-state index in [0.29, 0.717) is 0 Å². The molecule has 1 unspecified atom stereocenters. The number of rotatable bonds is 5. The summed E-state index contributed by atoms with van der Waals surface area (Å²) in [4.78, 5) is 17.7. The number of hydrogen-bond donors (Lipinski definition) is 3. The summed E-state index contributed by atoms with van der Waals surface area (Å²) in [5.74, 6) is -0.103. The molecule has 0 aliphatic heterocycles. The average molecular weight is 275 g/mol. The number of aliphatic hydroxyl groups is 1. The van der Waals surface area contributed by atoms with Crippen molar-refractivity contribution in [2.75, 3.05) is 17.7 Å². The summed E-state index contributed by atoms with van der Waals surface area (Å²) in [5, 5.41) is 23.2. The van der Waals surface area contributed by atoms with E-state index in [4.69, 9.17) is 5.73 Å². The van der Waals surface area contributed by atoms with Crippen LogP contribution >= 0.6 is 0 Å². The molecule has 0 spiro atoms. The van der Waals surface area contributed by atoms with E-state index in [9.17, 15) is 15.2 Å². The number of aliphatic hydroxyl groups excluding tert-OH is 1. The molecule has 0 aliphatic carbocycles. The minimum Gasteiger partial charge on any atom is -0.394 e. The van der Waals surface area contributed by atoms with Crippen LogP contribution in [0.15, 0.2) is 36.5 Å². The molecule has 1 atom stereocenters. The summed E-state index contributed by atoms with van der Waals surface area (Å²) < 4.78 is 0. The third-order valence-corrected chi connectivity index (χ3v) is 2.68. The molecule has 1 aromatic heterocycles. The van der Waals surface area contributed by atoms with Crippen molar-refractivity contribution in [3.63, 3.8) is 0 Å². The minimum atomic E-state index is -0.610. The van der Waals surface area contributed by atoms with Gasteiger partial charge in [0, 0.05) is 0 Å². The highest BCUT2D eigenvalue weighted by Gasteiger charge is 2.20. The monoisotopic (exact) mass is 275 g/mol. The first-order valence-electron chi connectivity index (χ1n) is 5.81. The first kappa shape index (κ1) is 13.7. The van der Waals surface area contributed by atoms with Gasteiger partial charge in [-0.05, 0) is 5.56 Å². The van der Waals surface area contributed by atoms with Crippen molar-refractivity contribution in [3.8, 4) is 0 Å². The Balaban J connectivity index is 2.32. The van der Waals surface area contributed by atoms with Crippen LogP contribution in [0.1, 0.15) is 11.6 Å². The maximum Gasteiger partial charge on any atom is 0.329 e. The van der Waals surface area contributed by atoms with Gasteiger partial charge in [-0.3, -0.25) is 10.1 Å². The molecule has 0 bridgehead atoms. The van der Waals surface area contributed by atoms with Crippen LogP contribution < -0.4 is 11.1 Å². The predicted molar refractivity (Wildman–Crippen MR) is 73.0 cm³/mol. The number of benzene rings is 1. The fraction of sp³-hybridized carbons (Fsp3) is 0.167. The van der Waals surface area contributed by atoms with Gasteiger partial charge in [-0.15, -0.1) is 0 Å². The third-order valence-electron chi connectivity index (χ3n) is 2.68. The Hall–Kier alpha value is -2.74. The summed E-state index contributed by atoms with van der Waals surface area (Å²) in [6.45, 7) is -0.245. The number of nitrogen functional groups attached to an aromatic ring is 1. The maximum atomic E-state index is 10.9. The van der Waals surface area contributed by atoms with E-state index in [1.807, 2.05) is 18.2 Å². The van der Waals surface area contributed by atoms with Gasteiger partial charge in [0.1, 0.15) is 6.20 Å². The van der Waals surface area contributed by atoms with E-state index in [1.54, 1.807) is 12.1 Å². The standard InChI is InChI=1S/C12H13N5O3/c13-12-14-6-10(17(19)20)11(16-12)15-9(7-18)8-4-2-1-3-5-8/h1-6,9,18H,7H2,(H3,13,14,15,16). The Morgan fingerprint density at radius 3 is 2.70 bits per heavy atom. The first-order chi connectivity index (χ1) is 9.61. The molecular formula is C12H13N5O3. The molecule has 0 saturated heterocycles. The van der Waals surface area contributed by atoms with Gasteiger partial charge < -0.3 is 16.2 Å². The molecule has 0 aliphatic rings. The fourth-order valence-corrected chi connectivity index (χ4v) is 1.71. The fourth-order valence-electron chi connectivity index (χ4n) is 1.71. The summed E-state index contributed by atoms with van der Waals surface area (Å²) in [6.07, 6.45) is 1.03. The highest BCUT2D eigenvalue weighted by Crippen LogP contribution is 2.25. The predicted octanol–water partition coefficient (Wildman–Crippen LogP) is 1.11. The van der Waals surface area contributed by atoms with Gasteiger partial charge in [0.15, 0.2) is 0 Å². The van der Waals surface area contributed by atoms with Crippen LogP contribution in [0.25, 0.3) is 0 Å². The lowest BCUT2D eigenvalue weighted by Crippen LogP contribution is -2.17. The Morgan fingerprint density at radius 2 is 2.10 bits per heavy atom. The minimum absolute atomic E-state index is 0.0228. The number of hydrogen-bond acceptors (Lipinski definition) is 7. The van der Waals surface area contributed by atoms with E-state index in [0.717, 1.165) is 11.8 Å². The van der Waals surface area contributed by atoms with Crippen LogP contribution in [0, 0.1) is 10.1 Å². The van der Waals surface area contributed by atoms with Gasteiger partial charge in [0.05, 0.1) is 17.6 Å². The SMILES string of the molecule is Nc1ncc([N+](=O)[O-])c(NC(CO)c2ccccc2)n1. The number of aromatic nitrogens is 2. The second-order valence-corrected chi connectivity index (χ2v) is 4.01. The molecule has 0 fully saturated rings. The Labute approximate surface area is 114 Å². The molecule has 20 heavy (non-hydrogen) atoms. The van der Waals surface area contributed by atoms with Gasteiger partial charge in [-0.2, -0.15) is 4.98 Å². The highest BCUT2D eigenvalue weighted by molar-refractivity contribution is 5.57. The smallest absolute Gasteiger partial charge is 0.329 e. The molecular weight excluding hydrogens is 262 g/mol. The second kappa shape index (κ2) is 5.93. The number of nitro groups is 1. The van der Waals surface area contributed by atoms with Crippen molar-refractivity contribution in [1.29, 1.82) is 0 Å². The van der Waals surface area contributed by atoms with Crippen LogP contribution in [0.4, 0.5) is 17.5 Å². The maximum absolute atomic E-state index is 10.9. The molecule has 0 amide bonds. The average Bonchev–Trinajstić information content (AvgIpc) is 2.45. The lowest BCUT2D eigenvalue weighted by molar-refractivity contribution is -0.384. The van der Waals surface area contributed by atoms with Crippen molar-refractivity contribution in [2.45, 2.75) is 6.04 Å². The molecule has 8 heteroatoms. The van der Waals surface area contributed by atoms with E-state index in [-0.39, 0.29) is 24.1 Å². The quantitative estimate of drug-likeness (QED) is 0.551. The van der Waals surface area contributed by atoms with E-state index < -0.39 is 11.0 Å². The molecule has 1 heterocycles. The number of nitrogens with two attached hydrogens (primary N) is 1. The molecule has 104 valence electrons. The molecule has 2 rings (SSSR count). The van der Waals surface area contributed by atoms with Crippen LogP contribution in [0.3, 0.4) is 0 Å². The lowest BCUT2D eigenvalue weighted by Gasteiger charge is -2.17. The second-order valence-electron chi connectivity index (χ2n) is 4.01. The van der Waals surface area contributed by atoms with Crippen molar-refractivity contribution in [3.05, 3.63) is 52.2 Å². The molecule has 0 radical (unpaired) electrons. The number of nitrogens with one attached hydrogen (secondary N) is 1. The first-order valence-corrected chi connectivity index (χ1v) is 5.81. The molecule has 1 aromatic carbocycles. The topological polar surface area (TPSA) is 127 Å². The van der Waals surface area contributed by atoms with Crippen LogP contribution in [0.2, 0.25) is 0 Å². The molecule has 4 N–H and O–H groups in total. The van der Waals surface area contributed by atoms with Gasteiger partial charge in [0.2, 0.25) is 11.8 Å². The highest BCUT2D eigenvalue weighted by atomic mass is 16.6. The van der Waals surface area contributed by atoms with Crippen molar-refractivity contribution in [1.82, 2.24) is 9.97 Å². The molecule has 2 aromatic rings. The summed E-state index contributed by atoms with van der Waals surface area (Å²) in [5.41, 5.74) is 5.92. The Morgan fingerprint density at radius 1 is 1.40 bits per heavy atom. The van der Waals surface area contributed by atoms with E-state index in [2.05, 4.69) is 15.3 Å². The zero-order valence-corrected chi connectivity index (χ0v) is 10.4. The molecule has 0 saturated carbocycles. The number of anilines is 2. The van der Waals surface area contributed by atoms with Crippen LogP contribution in [-0.2, 0) is 0 Å². The Bertz CT molecular complexity index is 605. The normalized spacial score (nSPS) is 11.8. The number of nitrogens with zero attached hydrogens (tertiary/aromatic N) is 3. The third kappa shape index (κ3) is 2.98. The van der Waals surface area contributed by atoms with Gasteiger partial charge in [-0.1, -0.05) is 30.3 Å². The van der Waals surface area contributed by atoms with Crippen molar-refractivity contribution in [2.24, 2.45) is 0 Å². The zero-order valence-electron chi connectivity index (χ0n) is 10.4. The van der Waals surface area contributed by atoms with Crippen molar-refractivity contribution >= 4 is 17.5 Å². The summed E-state index contributed by atoms with van der Waals surface area (Å²) in [7, 11) is 0. The van der Waals surface area contributed by atoms with Gasteiger partial charge in [-0.25, -0.2) is 4.98 Å². The zero-order chi connectivity index (χ0) is 14.5. The summed E-state index contributed by atoms with van der Waals surface area (Å²) >= 11 is 0. The Kier molecular flexibility index (Phi) is 4.06. The van der Waals surface area contributed by atoms with Crippen LogP contribution in [-0.4, -0.2) is 26.6 Å². The van der Waals surface area contributed by atoms with E-state index in [1.165, 1.54) is 0 Å². The summed E-state index contributed by atoms with van der Waals surface area (Å²) in [6, 6.07) is 8.52. The largest absolute Gasteiger partial charge is 0.394 e. The van der Waals surface area contributed by atoms with Crippen LogP contribution in [0.5, 0.6) is 0 Å². The van der Waals surface area contributed by atoms with E-state index >= 15 is 0 Å². The lowest BCUT2D eigenvalue weighted by atomic mass is 10.1. The van der Waals surface area contributed by atoms with Gasteiger partial charge >= 0.3 is 5.69 Å². The van der Waals surface area contributed by atoms with Crippen molar-refractivity contribution < 1.29 is 10.0 Å². The van der Waals surface area contributed by atoms with Gasteiger partial charge in [0.25, 0.3) is 0 Å².